The van der Waals surface area contributed by atoms with Crippen LogP contribution in [0.2, 0.25) is 5.02 Å². The molecule has 2 amide bonds. The van der Waals surface area contributed by atoms with E-state index in [1.165, 1.54) is 0 Å². The third kappa shape index (κ3) is 4.50. The van der Waals surface area contributed by atoms with E-state index in [0.29, 0.717) is 31.2 Å². The molecule has 1 aliphatic rings. The maximum atomic E-state index is 12.5. The lowest BCUT2D eigenvalue weighted by Crippen LogP contribution is -2.55. The first-order chi connectivity index (χ1) is 15.1. The number of halogens is 1. The number of rotatable bonds is 3. The van der Waals surface area contributed by atoms with Crippen LogP contribution in [0.5, 0.6) is 0 Å². The fraction of sp³-hybridized carbons (Fsp3) is 0.478. The summed E-state index contributed by atoms with van der Waals surface area (Å²) in [6.45, 7) is 12.8. The predicted octanol–water partition coefficient (Wildman–Crippen LogP) is 4.22. The summed E-state index contributed by atoms with van der Waals surface area (Å²) in [5, 5.41) is 9.13. The zero-order valence-electron chi connectivity index (χ0n) is 19.3. The summed E-state index contributed by atoms with van der Waals surface area (Å²) < 4.78 is 1.78. The van der Waals surface area contributed by atoms with Crippen LogP contribution in [-0.2, 0) is 0 Å². The molecule has 4 rings (SSSR count). The molecule has 0 saturated carbocycles. The van der Waals surface area contributed by atoms with Gasteiger partial charge in [0, 0.05) is 37.6 Å². The van der Waals surface area contributed by atoms with E-state index in [2.05, 4.69) is 29.2 Å². The first-order valence-electron chi connectivity index (χ1n) is 11.0. The van der Waals surface area contributed by atoms with Crippen LogP contribution in [0.1, 0.15) is 46.4 Å². The molecular formula is C23H30ClN7O. The number of para-hydroxylation sites is 1. The van der Waals surface area contributed by atoms with Crippen molar-refractivity contribution in [2.75, 3.05) is 31.1 Å². The Hall–Kier alpha value is -2.87. The maximum absolute atomic E-state index is 12.5. The highest BCUT2D eigenvalue weighted by Crippen LogP contribution is 2.30. The number of hydrogen-bond donors (Lipinski definition) is 1. The average molecular weight is 456 g/mol. The van der Waals surface area contributed by atoms with Crippen molar-refractivity contribution in [3.63, 3.8) is 0 Å². The highest BCUT2D eigenvalue weighted by molar-refractivity contribution is 6.32. The Morgan fingerprint density at radius 3 is 2.41 bits per heavy atom. The van der Waals surface area contributed by atoms with Crippen LogP contribution >= 0.6 is 11.6 Å². The molecular weight excluding hydrogens is 426 g/mol. The van der Waals surface area contributed by atoms with Crippen molar-refractivity contribution < 1.29 is 4.79 Å². The van der Waals surface area contributed by atoms with E-state index in [9.17, 15) is 4.79 Å². The van der Waals surface area contributed by atoms with Gasteiger partial charge in [-0.1, -0.05) is 37.6 Å². The third-order valence-corrected chi connectivity index (χ3v) is 5.69. The molecule has 2 aromatic heterocycles. The number of fused-ring (bicyclic) bond motifs is 1. The van der Waals surface area contributed by atoms with Gasteiger partial charge >= 0.3 is 6.03 Å². The van der Waals surface area contributed by atoms with Crippen molar-refractivity contribution in [3.05, 3.63) is 41.3 Å². The number of anilines is 1. The van der Waals surface area contributed by atoms with E-state index in [1.54, 1.807) is 10.9 Å². The van der Waals surface area contributed by atoms with Crippen molar-refractivity contribution in [1.29, 1.82) is 0 Å². The van der Waals surface area contributed by atoms with Gasteiger partial charge in [-0.2, -0.15) is 5.10 Å². The molecule has 1 fully saturated rings. The van der Waals surface area contributed by atoms with E-state index in [1.807, 2.05) is 49.9 Å². The van der Waals surface area contributed by atoms with E-state index < -0.39 is 0 Å². The van der Waals surface area contributed by atoms with E-state index in [0.717, 1.165) is 28.4 Å². The molecule has 1 saturated heterocycles. The zero-order valence-corrected chi connectivity index (χ0v) is 20.0. The van der Waals surface area contributed by atoms with Gasteiger partial charge in [-0.25, -0.2) is 19.4 Å². The van der Waals surface area contributed by atoms with Gasteiger partial charge in [-0.05, 0) is 32.9 Å². The zero-order chi connectivity index (χ0) is 23.0. The number of amides is 2. The van der Waals surface area contributed by atoms with E-state index >= 15 is 0 Å². The first kappa shape index (κ1) is 22.3. The summed E-state index contributed by atoms with van der Waals surface area (Å²) in [5.41, 5.74) is 1.26. The molecule has 0 unspecified atom stereocenters. The fourth-order valence-corrected chi connectivity index (χ4v) is 3.95. The van der Waals surface area contributed by atoms with Crippen LogP contribution in [0, 0.1) is 0 Å². The number of hydrogen-bond acceptors (Lipinski definition) is 5. The number of urea groups is 1. The number of nitrogens with one attached hydrogen (secondary N) is 1. The summed E-state index contributed by atoms with van der Waals surface area (Å²) >= 11 is 6.44. The van der Waals surface area contributed by atoms with Gasteiger partial charge in [0.1, 0.15) is 11.6 Å². The van der Waals surface area contributed by atoms with Crippen molar-refractivity contribution in [2.24, 2.45) is 0 Å². The van der Waals surface area contributed by atoms with Gasteiger partial charge in [-0.15, -0.1) is 0 Å². The molecule has 0 bridgehead atoms. The van der Waals surface area contributed by atoms with Crippen LogP contribution < -0.4 is 10.2 Å². The fourth-order valence-electron chi connectivity index (χ4n) is 3.73. The number of benzene rings is 1. The largest absolute Gasteiger partial charge is 0.352 e. The number of nitrogens with zero attached hydrogens (tertiary/aromatic N) is 6. The standard InChI is InChI=1S/C23H30ClN7O/c1-15(2)19-26-20(29-10-12-30(13-11-29)22(32)28-23(3,4)5)16-14-25-31(21(16)27-19)18-9-7-6-8-17(18)24/h6-9,14-15H,10-13H2,1-5H3,(H,28,32). The van der Waals surface area contributed by atoms with E-state index in [-0.39, 0.29) is 17.5 Å². The quantitative estimate of drug-likeness (QED) is 0.639. The smallest absolute Gasteiger partial charge is 0.317 e. The second-order valence-corrected chi connectivity index (χ2v) is 9.87. The number of piperazine rings is 1. The van der Waals surface area contributed by atoms with Gasteiger partial charge in [-0.3, -0.25) is 0 Å². The van der Waals surface area contributed by atoms with Gasteiger partial charge in [0.05, 0.1) is 22.3 Å². The van der Waals surface area contributed by atoms with Crippen LogP contribution in [-0.4, -0.2) is 62.4 Å². The van der Waals surface area contributed by atoms with E-state index in [4.69, 9.17) is 21.6 Å². The maximum Gasteiger partial charge on any atom is 0.317 e. The summed E-state index contributed by atoms with van der Waals surface area (Å²) in [5.74, 6) is 1.77. The molecule has 0 spiro atoms. The molecule has 3 aromatic rings. The highest BCUT2D eigenvalue weighted by Gasteiger charge is 2.27. The predicted molar refractivity (Wildman–Crippen MR) is 128 cm³/mol. The van der Waals surface area contributed by atoms with Crippen molar-refractivity contribution in [2.45, 2.75) is 46.1 Å². The molecule has 1 aromatic carbocycles. The van der Waals surface area contributed by atoms with Crippen LogP contribution in [0.25, 0.3) is 16.7 Å². The summed E-state index contributed by atoms with van der Waals surface area (Å²) in [6, 6.07) is 7.57. The van der Waals surface area contributed by atoms with Crippen molar-refractivity contribution >= 4 is 34.5 Å². The Kier molecular flexibility index (Phi) is 5.99. The van der Waals surface area contributed by atoms with Crippen LogP contribution in [0.15, 0.2) is 30.5 Å². The van der Waals surface area contributed by atoms with Crippen molar-refractivity contribution in [3.8, 4) is 5.69 Å². The summed E-state index contributed by atoms with van der Waals surface area (Å²) in [6.07, 6.45) is 1.80. The minimum atomic E-state index is -0.257. The minimum absolute atomic E-state index is 0.0283. The minimum Gasteiger partial charge on any atom is -0.352 e. The number of carbonyl (C=O) groups excluding carboxylic acids is 1. The van der Waals surface area contributed by atoms with Gasteiger partial charge in [0.2, 0.25) is 0 Å². The Morgan fingerprint density at radius 2 is 1.78 bits per heavy atom. The summed E-state index contributed by atoms with van der Waals surface area (Å²) in [4.78, 5) is 26.3. The Morgan fingerprint density at radius 1 is 1.09 bits per heavy atom. The lowest BCUT2D eigenvalue weighted by atomic mass is 10.1. The highest BCUT2D eigenvalue weighted by atomic mass is 35.5. The van der Waals surface area contributed by atoms with Crippen LogP contribution in [0.4, 0.5) is 10.6 Å². The molecule has 9 heteroatoms. The molecule has 0 atom stereocenters. The Labute approximate surface area is 193 Å². The monoisotopic (exact) mass is 455 g/mol. The lowest BCUT2D eigenvalue weighted by molar-refractivity contribution is 0.185. The SMILES string of the molecule is CC(C)c1nc(N2CCN(C(=O)NC(C)(C)C)CC2)c2cnn(-c3ccccc3Cl)c2n1. The second kappa shape index (κ2) is 8.58. The molecule has 1 N–H and O–H groups in total. The third-order valence-electron chi connectivity index (χ3n) is 5.37. The molecule has 32 heavy (non-hydrogen) atoms. The van der Waals surface area contributed by atoms with Gasteiger partial charge in [0.15, 0.2) is 5.65 Å². The topological polar surface area (TPSA) is 79.2 Å². The van der Waals surface area contributed by atoms with Gasteiger partial charge in [0.25, 0.3) is 0 Å². The molecule has 170 valence electrons. The number of aromatic nitrogens is 4. The summed E-state index contributed by atoms with van der Waals surface area (Å²) in [7, 11) is 0. The second-order valence-electron chi connectivity index (χ2n) is 9.46. The molecule has 0 aliphatic carbocycles. The number of carbonyl (C=O) groups is 1. The molecule has 3 heterocycles. The van der Waals surface area contributed by atoms with Gasteiger partial charge < -0.3 is 15.1 Å². The van der Waals surface area contributed by atoms with Crippen molar-refractivity contribution in [1.82, 2.24) is 30.0 Å². The van der Waals surface area contributed by atoms with Crippen LogP contribution in [0.3, 0.4) is 0 Å². The molecule has 0 radical (unpaired) electrons. The average Bonchev–Trinajstić information content (AvgIpc) is 3.16. The normalized spacial score (nSPS) is 15.0. The Bertz CT molecular complexity index is 1130. The first-order valence-corrected chi connectivity index (χ1v) is 11.3. The lowest BCUT2D eigenvalue weighted by Gasteiger charge is -2.37. The molecule has 8 nitrogen and oxygen atoms in total. The Balaban J connectivity index is 1.66. The molecule has 1 aliphatic heterocycles.